The van der Waals surface area contributed by atoms with Crippen LogP contribution < -0.4 is 24.2 Å². The van der Waals surface area contributed by atoms with Gasteiger partial charge in [-0.3, -0.25) is 0 Å². The van der Waals surface area contributed by atoms with Crippen LogP contribution in [-0.4, -0.2) is 49.0 Å². The quantitative estimate of drug-likeness (QED) is 0.459. The Hall–Kier alpha value is -1.41. The van der Waals surface area contributed by atoms with Crippen molar-refractivity contribution in [1.82, 2.24) is 4.90 Å². The number of hydrogen-bond donors (Lipinski definition) is 1. The molecule has 2 aliphatic heterocycles. The molecule has 4 aliphatic rings. The SMILES string of the molecule is COc1ccc2c3c1O[C@@H]1[C@@H](O)C=C[C@H]4[C@@H](C2)N(C)CC[C@]314.O=P([O-])([O-])[O-]. The first-order valence-corrected chi connectivity index (χ1v) is 10.3. The predicted molar refractivity (Wildman–Crippen MR) is 90.1 cm³/mol. The Morgan fingerprint density at radius 1 is 1.33 bits per heavy atom. The Kier molecular flexibility index (Phi) is 4.42. The van der Waals surface area contributed by atoms with Gasteiger partial charge in [0.15, 0.2) is 11.5 Å². The molecule has 2 bridgehead atoms. The zero-order valence-corrected chi connectivity index (χ0v) is 15.9. The lowest BCUT2D eigenvalue weighted by Gasteiger charge is -2.56. The lowest BCUT2D eigenvalue weighted by molar-refractivity contribution is -0.432. The number of rotatable bonds is 1. The molecular weight excluding hydrogens is 373 g/mol. The van der Waals surface area contributed by atoms with Crippen LogP contribution >= 0.6 is 7.82 Å². The summed E-state index contributed by atoms with van der Waals surface area (Å²) >= 11 is 0. The topological polar surface area (TPSA) is 128 Å². The van der Waals surface area contributed by atoms with Gasteiger partial charge in [0.2, 0.25) is 0 Å². The zero-order chi connectivity index (χ0) is 19.6. The van der Waals surface area contributed by atoms with Crippen LogP contribution in [0.15, 0.2) is 24.3 Å². The van der Waals surface area contributed by atoms with E-state index < -0.39 is 13.9 Å². The van der Waals surface area contributed by atoms with Crippen LogP contribution in [-0.2, 0) is 16.4 Å². The molecule has 1 spiro atoms. The second-order valence-electron chi connectivity index (χ2n) is 7.56. The number of piperidine rings is 1. The van der Waals surface area contributed by atoms with Gasteiger partial charge < -0.3 is 38.7 Å². The van der Waals surface area contributed by atoms with Crippen molar-refractivity contribution in [3.8, 4) is 11.5 Å². The first kappa shape index (κ1) is 18.9. The van der Waals surface area contributed by atoms with Gasteiger partial charge in [-0.2, -0.15) is 7.82 Å². The monoisotopic (exact) mass is 394 g/mol. The van der Waals surface area contributed by atoms with Crippen molar-refractivity contribution < 1.29 is 33.8 Å². The molecule has 2 aliphatic carbocycles. The summed E-state index contributed by atoms with van der Waals surface area (Å²) < 4.78 is 20.4. The summed E-state index contributed by atoms with van der Waals surface area (Å²) in [6.07, 6.45) is 5.54. The first-order chi connectivity index (χ1) is 12.7. The van der Waals surface area contributed by atoms with Gasteiger partial charge in [0.25, 0.3) is 0 Å². The molecule has 0 unspecified atom stereocenters. The number of aliphatic hydroxyl groups is 1. The highest BCUT2D eigenvalue weighted by Gasteiger charge is 2.64. The third-order valence-electron chi connectivity index (χ3n) is 6.35. The lowest BCUT2D eigenvalue weighted by Crippen LogP contribution is -2.64. The number of hydrogen-bond acceptors (Lipinski definition) is 8. The van der Waals surface area contributed by atoms with Gasteiger partial charge in [-0.25, -0.2) is 0 Å². The smallest absolute Gasteiger partial charge is 0.165 e. The fourth-order valence-electron chi connectivity index (χ4n) is 5.39. The molecular formula is C18H21NO7P-3. The van der Waals surface area contributed by atoms with E-state index in [1.165, 1.54) is 11.1 Å². The average molecular weight is 394 g/mol. The van der Waals surface area contributed by atoms with Crippen LogP contribution in [0.25, 0.3) is 0 Å². The van der Waals surface area contributed by atoms with Gasteiger partial charge in [0.1, 0.15) is 12.2 Å². The van der Waals surface area contributed by atoms with E-state index in [0.717, 1.165) is 30.9 Å². The maximum Gasteiger partial charge on any atom is 0.165 e. The van der Waals surface area contributed by atoms with Crippen LogP contribution in [0.4, 0.5) is 0 Å². The molecule has 1 aromatic carbocycles. The third kappa shape index (κ3) is 2.83. The molecule has 0 aromatic heterocycles. The highest BCUT2D eigenvalue weighted by molar-refractivity contribution is 7.40. The van der Waals surface area contributed by atoms with E-state index in [2.05, 4.69) is 24.1 Å². The van der Waals surface area contributed by atoms with Crippen molar-refractivity contribution in [2.75, 3.05) is 20.7 Å². The number of phosphoric acid groups is 1. The highest BCUT2D eigenvalue weighted by Crippen LogP contribution is 2.62. The van der Waals surface area contributed by atoms with Crippen LogP contribution in [0.2, 0.25) is 0 Å². The van der Waals surface area contributed by atoms with Crippen molar-refractivity contribution in [3.63, 3.8) is 0 Å². The van der Waals surface area contributed by atoms with E-state index in [-0.39, 0.29) is 11.5 Å². The summed E-state index contributed by atoms with van der Waals surface area (Å²) in [5.74, 6) is 2.09. The Morgan fingerprint density at radius 2 is 2.04 bits per heavy atom. The van der Waals surface area contributed by atoms with Gasteiger partial charge in [-0.1, -0.05) is 18.2 Å². The lowest BCUT2D eigenvalue weighted by atomic mass is 9.53. The van der Waals surface area contributed by atoms with Crippen molar-refractivity contribution in [2.45, 2.75) is 36.5 Å². The van der Waals surface area contributed by atoms with Crippen molar-refractivity contribution in [2.24, 2.45) is 5.92 Å². The Morgan fingerprint density at radius 3 is 2.70 bits per heavy atom. The molecule has 148 valence electrons. The van der Waals surface area contributed by atoms with Crippen LogP contribution in [0, 0.1) is 5.92 Å². The van der Waals surface area contributed by atoms with Gasteiger partial charge in [0.05, 0.1) is 7.11 Å². The van der Waals surface area contributed by atoms with Crippen molar-refractivity contribution in [3.05, 3.63) is 35.4 Å². The van der Waals surface area contributed by atoms with Gasteiger partial charge in [-0.15, -0.1) is 0 Å². The van der Waals surface area contributed by atoms with E-state index in [9.17, 15) is 5.11 Å². The Balaban J connectivity index is 0.000000323. The van der Waals surface area contributed by atoms with E-state index in [1.807, 2.05) is 12.1 Å². The first-order valence-electron chi connectivity index (χ1n) is 8.83. The molecule has 0 saturated carbocycles. The molecule has 1 saturated heterocycles. The second-order valence-corrected chi connectivity index (χ2v) is 8.45. The number of aliphatic hydroxyl groups excluding tert-OH is 1. The molecule has 2 heterocycles. The molecule has 1 fully saturated rings. The predicted octanol–water partition coefficient (Wildman–Crippen LogP) is -1.32. The molecule has 5 rings (SSSR count). The summed E-state index contributed by atoms with van der Waals surface area (Å²) in [7, 11) is -1.48. The molecule has 1 aromatic rings. The summed E-state index contributed by atoms with van der Waals surface area (Å²) in [5, 5.41) is 10.6. The number of benzene rings is 1. The summed E-state index contributed by atoms with van der Waals surface area (Å²) in [5.41, 5.74) is 2.60. The molecule has 9 heteroatoms. The normalized spacial score (nSPS) is 35.6. The molecule has 5 atom stereocenters. The summed E-state index contributed by atoms with van der Waals surface area (Å²) in [6, 6.07) is 4.70. The number of likely N-dealkylation sites (tertiary alicyclic amines) is 1. The van der Waals surface area contributed by atoms with Crippen LogP contribution in [0.3, 0.4) is 0 Å². The van der Waals surface area contributed by atoms with E-state index in [1.54, 1.807) is 7.11 Å². The van der Waals surface area contributed by atoms with Gasteiger partial charge >= 0.3 is 0 Å². The minimum atomic E-state index is -5.39. The van der Waals surface area contributed by atoms with E-state index in [0.29, 0.717) is 12.0 Å². The standard InChI is InChI=1S/C18H21NO3.H3O4P/c1-19-8-7-18-11-4-5-13(20)17(18)22-16-14(21-2)6-3-10(15(16)18)9-12(11)19;1-5(2,3)4/h3-6,11-13,17,20H,7-9H2,1-2H3;(H3,1,2,3,4)/p-3/t11-,12+,13-,17+,18-;/m0./s1. The molecule has 8 nitrogen and oxygen atoms in total. The maximum absolute atomic E-state index is 10.6. The fourth-order valence-corrected chi connectivity index (χ4v) is 5.39. The second kappa shape index (κ2) is 6.30. The van der Waals surface area contributed by atoms with Crippen molar-refractivity contribution in [1.29, 1.82) is 0 Å². The number of methoxy groups -OCH3 is 1. The van der Waals surface area contributed by atoms with Crippen LogP contribution in [0.1, 0.15) is 17.5 Å². The molecule has 27 heavy (non-hydrogen) atoms. The largest absolute Gasteiger partial charge is 0.822 e. The van der Waals surface area contributed by atoms with Crippen LogP contribution in [0.5, 0.6) is 11.5 Å². The zero-order valence-electron chi connectivity index (χ0n) is 15.0. The number of nitrogens with zero attached hydrogens (tertiary/aromatic N) is 1. The molecule has 0 radical (unpaired) electrons. The number of likely N-dealkylation sites (N-methyl/N-ethyl adjacent to an activating group) is 1. The number of ether oxygens (including phenoxy) is 2. The third-order valence-corrected chi connectivity index (χ3v) is 6.35. The summed E-state index contributed by atoms with van der Waals surface area (Å²) in [4.78, 5) is 28.1. The van der Waals surface area contributed by atoms with E-state index in [4.69, 9.17) is 28.7 Å². The van der Waals surface area contributed by atoms with Gasteiger partial charge in [0, 0.05) is 22.9 Å². The maximum atomic E-state index is 10.6. The Bertz CT molecular complexity index is 829. The van der Waals surface area contributed by atoms with Crippen molar-refractivity contribution >= 4 is 7.82 Å². The highest BCUT2D eigenvalue weighted by atomic mass is 31.2. The Labute approximate surface area is 157 Å². The molecule has 0 amide bonds. The minimum absolute atomic E-state index is 0.0806. The summed E-state index contributed by atoms with van der Waals surface area (Å²) in [6.45, 7) is 1.05. The van der Waals surface area contributed by atoms with E-state index >= 15 is 0 Å². The fraction of sp³-hybridized carbons (Fsp3) is 0.556. The molecule has 1 N–H and O–H groups in total. The average Bonchev–Trinajstić information content (AvgIpc) is 2.93. The van der Waals surface area contributed by atoms with Gasteiger partial charge in [-0.05, 0) is 38.1 Å². The minimum Gasteiger partial charge on any atom is -0.822 e.